The van der Waals surface area contributed by atoms with Crippen LogP contribution in [0, 0.1) is 0 Å². The first-order chi connectivity index (χ1) is 9.31. The van der Waals surface area contributed by atoms with Crippen molar-refractivity contribution in [3.63, 3.8) is 0 Å². The fourth-order valence-electron chi connectivity index (χ4n) is 1.64. The van der Waals surface area contributed by atoms with Crippen molar-refractivity contribution in [3.8, 4) is 5.82 Å². The minimum atomic E-state index is -0.0965. The second-order valence-corrected chi connectivity index (χ2v) is 4.09. The largest absolute Gasteiger partial charge is 0.352 e. The second kappa shape index (κ2) is 6.65. The molecule has 2 aromatic rings. The number of nitrogens with zero attached hydrogens (tertiary/aromatic N) is 3. The number of hydrogen-bond acceptors (Lipinski definition) is 4. The molecule has 0 atom stereocenters. The predicted octanol–water partition coefficient (Wildman–Crippen LogP) is 0.607. The Morgan fingerprint density at radius 3 is 2.89 bits per heavy atom. The third-order valence-corrected chi connectivity index (χ3v) is 2.67. The lowest BCUT2D eigenvalue weighted by Crippen LogP contribution is -2.26. The Bertz CT molecular complexity index is 506. The van der Waals surface area contributed by atoms with E-state index in [2.05, 4.69) is 20.6 Å². The Balaban J connectivity index is 1.93. The molecule has 0 aliphatic heterocycles. The molecule has 6 nitrogen and oxygen atoms in total. The van der Waals surface area contributed by atoms with Gasteiger partial charge in [-0.3, -0.25) is 9.36 Å². The molecule has 0 spiro atoms. The molecule has 0 saturated carbocycles. The zero-order valence-corrected chi connectivity index (χ0v) is 10.8. The first kappa shape index (κ1) is 13.2. The van der Waals surface area contributed by atoms with Gasteiger partial charge in [-0.25, -0.2) is 9.97 Å². The number of rotatable bonds is 6. The number of carbonyl (C=O) groups excluding carboxylic acids is 1. The van der Waals surface area contributed by atoms with Crippen LogP contribution in [-0.2, 0) is 0 Å². The Morgan fingerprint density at radius 2 is 2.26 bits per heavy atom. The number of hydrogen-bond donors (Lipinski definition) is 2. The van der Waals surface area contributed by atoms with E-state index in [1.54, 1.807) is 41.6 Å². The molecule has 0 bridgehead atoms. The highest BCUT2D eigenvalue weighted by Gasteiger charge is 2.05. The molecule has 0 fully saturated rings. The van der Waals surface area contributed by atoms with Crippen molar-refractivity contribution < 1.29 is 4.79 Å². The molecule has 1 amide bonds. The minimum Gasteiger partial charge on any atom is -0.352 e. The Hall–Kier alpha value is -2.21. The average molecular weight is 259 g/mol. The molecule has 2 aromatic heterocycles. The number of aromatic nitrogens is 3. The maximum Gasteiger partial charge on any atom is 0.252 e. The molecule has 0 aromatic carbocycles. The van der Waals surface area contributed by atoms with E-state index in [-0.39, 0.29) is 5.91 Å². The van der Waals surface area contributed by atoms with E-state index in [9.17, 15) is 4.79 Å². The van der Waals surface area contributed by atoms with Crippen molar-refractivity contribution in [2.75, 3.05) is 20.1 Å². The Kier molecular flexibility index (Phi) is 4.63. The fraction of sp³-hybridized carbons (Fsp3) is 0.308. The van der Waals surface area contributed by atoms with Gasteiger partial charge in [0.2, 0.25) is 0 Å². The smallest absolute Gasteiger partial charge is 0.252 e. The highest BCUT2D eigenvalue weighted by molar-refractivity contribution is 5.93. The maximum absolute atomic E-state index is 11.8. The van der Waals surface area contributed by atoms with Crippen LogP contribution in [0.5, 0.6) is 0 Å². The van der Waals surface area contributed by atoms with E-state index < -0.39 is 0 Å². The van der Waals surface area contributed by atoms with Crippen LogP contribution < -0.4 is 10.6 Å². The van der Waals surface area contributed by atoms with Gasteiger partial charge in [0.1, 0.15) is 12.1 Å². The number of nitrogens with one attached hydrogen (secondary N) is 2. The SMILES string of the molecule is CNCCCNC(=O)c1ccc(-n2ccnc2)nc1. The lowest BCUT2D eigenvalue weighted by molar-refractivity contribution is 0.0953. The standard InChI is InChI=1S/C13H17N5O/c1-14-5-2-6-16-13(19)11-3-4-12(17-9-11)18-8-7-15-10-18/h3-4,7-10,14H,2,5-6H2,1H3,(H,16,19). The van der Waals surface area contributed by atoms with Gasteiger partial charge in [0.25, 0.3) is 5.91 Å². The molecular weight excluding hydrogens is 242 g/mol. The molecule has 0 unspecified atom stereocenters. The molecule has 100 valence electrons. The topological polar surface area (TPSA) is 71.8 Å². The first-order valence-corrected chi connectivity index (χ1v) is 6.18. The summed E-state index contributed by atoms with van der Waals surface area (Å²) in [6, 6.07) is 3.56. The van der Waals surface area contributed by atoms with Crippen LogP contribution in [0.3, 0.4) is 0 Å². The summed E-state index contributed by atoms with van der Waals surface area (Å²) in [6.07, 6.45) is 7.63. The van der Waals surface area contributed by atoms with Crippen LogP contribution in [0.1, 0.15) is 16.8 Å². The number of amides is 1. The van der Waals surface area contributed by atoms with Gasteiger partial charge < -0.3 is 10.6 Å². The molecular formula is C13H17N5O. The highest BCUT2D eigenvalue weighted by Crippen LogP contribution is 2.05. The number of pyridine rings is 1. The van der Waals surface area contributed by atoms with E-state index in [0.717, 1.165) is 18.8 Å². The molecule has 2 rings (SSSR count). The Labute approximate surface area is 111 Å². The van der Waals surface area contributed by atoms with E-state index in [1.807, 2.05) is 7.05 Å². The first-order valence-electron chi connectivity index (χ1n) is 6.18. The summed E-state index contributed by atoms with van der Waals surface area (Å²) in [6.45, 7) is 1.54. The molecule has 19 heavy (non-hydrogen) atoms. The third kappa shape index (κ3) is 3.62. The zero-order chi connectivity index (χ0) is 13.5. The van der Waals surface area contributed by atoms with Crippen LogP contribution in [-0.4, -0.2) is 40.6 Å². The molecule has 0 saturated heterocycles. The quantitative estimate of drug-likeness (QED) is 0.745. The average Bonchev–Trinajstić information content (AvgIpc) is 2.98. The van der Waals surface area contributed by atoms with E-state index >= 15 is 0 Å². The van der Waals surface area contributed by atoms with Crippen molar-refractivity contribution in [3.05, 3.63) is 42.6 Å². The molecule has 0 aliphatic rings. The third-order valence-electron chi connectivity index (χ3n) is 2.67. The van der Waals surface area contributed by atoms with Gasteiger partial charge in [0.05, 0.1) is 5.56 Å². The van der Waals surface area contributed by atoms with Crippen LogP contribution in [0.25, 0.3) is 5.82 Å². The van der Waals surface area contributed by atoms with Crippen molar-refractivity contribution in [2.45, 2.75) is 6.42 Å². The lowest BCUT2D eigenvalue weighted by atomic mass is 10.2. The molecule has 2 heterocycles. The normalized spacial score (nSPS) is 10.4. The number of imidazole rings is 1. The van der Waals surface area contributed by atoms with Crippen molar-refractivity contribution in [2.24, 2.45) is 0 Å². The van der Waals surface area contributed by atoms with Crippen molar-refractivity contribution in [1.82, 2.24) is 25.2 Å². The van der Waals surface area contributed by atoms with Gasteiger partial charge in [-0.15, -0.1) is 0 Å². The lowest BCUT2D eigenvalue weighted by Gasteiger charge is -2.06. The molecule has 6 heteroatoms. The van der Waals surface area contributed by atoms with Gasteiger partial charge in [-0.05, 0) is 32.1 Å². The van der Waals surface area contributed by atoms with Gasteiger partial charge in [0.15, 0.2) is 0 Å². The molecule has 2 N–H and O–H groups in total. The monoisotopic (exact) mass is 259 g/mol. The fourth-order valence-corrected chi connectivity index (χ4v) is 1.64. The molecule has 0 radical (unpaired) electrons. The summed E-state index contributed by atoms with van der Waals surface area (Å²) in [5, 5.41) is 5.88. The highest BCUT2D eigenvalue weighted by atomic mass is 16.1. The zero-order valence-electron chi connectivity index (χ0n) is 10.8. The number of carbonyl (C=O) groups is 1. The maximum atomic E-state index is 11.8. The van der Waals surface area contributed by atoms with E-state index in [1.165, 1.54) is 0 Å². The van der Waals surface area contributed by atoms with Gasteiger partial charge in [0, 0.05) is 25.1 Å². The van der Waals surface area contributed by atoms with Crippen LogP contribution in [0.15, 0.2) is 37.1 Å². The summed E-state index contributed by atoms with van der Waals surface area (Å²) < 4.78 is 1.79. The minimum absolute atomic E-state index is 0.0965. The summed E-state index contributed by atoms with van der Waals surface area (Å²) in [5.41, 5.74) is 0.563. The van der Waals surface area contributed by atoms with Crippen molar-refractivity contribution >= 4 is 5.91 Å². The Morgan fingerprint density at radius 1 is 1.37 bits per heavy atom. The molecule has 0 aliphatic carbocycles. The summed E-state index contributed by atoms with van der Waals surface area (Å²) in [7, 11) is 1.89. The van der Waals surface area contributed by atoms with Crippen molar-refractivity contribution in [1.29, 1.82) is 0 Å². The van der Waals surface area contributed by atoms with Crippen LogP contribution in [0.2, 0.25) is 0 Å². The predicted molar refractivity (Wildman–Crippen MR) is 72.2 cm³/mol. The second-order valence-electron chi connectivity index (χ2n) is 4.09. The van der Waals surface area contributed by atoms with Gasteiger partial charge >= 0.3 is 0 Å². The van der Waals surface area contributed by atoms with Crippen LogP contribution in [0.4, 0.5) is 0 Å². The summed E-state index contributed by atoms with van der Waals surface area (Å²) in [5.74, 6) is 0.644. The van der Waals surface area contributed by atoms with E-state index in [4.69, 9.17) is 0 Å². The summed E-state index contributed by atoms with van der Waals surface area (Å²) >= 11 is 0. The van der Waals surface area contributed by atoms with E-state index in [0.29, 0.717) is 12.1 Å². The van der Waals surface area contributed by atoms with Crippen LogP contribution >= 0.6 is 0 Å². The summed E-state index contributed by atoms with van der Waals surface area (Å²) in [4.78, 5) is 20.0. The van der Waals surface area contributed by atoms with Gasteiger partial charge in [-0.1, -0.05) is 0 Å². The van der Waals surface area contributed by atoms with Gasteiger partial charge in [-0.2, -0.15) is 0 Å².